The summed E-state index contributed by atoms with van der Waals surface area (Å²) in [5.74, 6) is 0.0883. The van der Waals surface area contributed by atoms with Crippen molar-refractivity contribution in [3.05, 3.63) is 16.4 Å². The van der Waals surface area contributed by atoms with Gasteiger partial charge < -0.3 is 15.3 Å². The first kappa shape index (κ1) is 13.9. The smallest absolute Gasteiger partial charge is 0.273 e. The van der Waals surface area contributed by atoms with Crippen LogP contribution in [0.25, 0.3) is 0 Å². The molecule has 1 aliphatic carbocycles. The van der Waals surface area contributed by atoms with Crippen molar-refractivity contribution in [3.63, 3.8) is 0 Å². The molecule has 0 radical (unpaired) electrons. The van der Waals surface area contributed by atoms with Crippen molar-refractivity contribution in [1.29, 1.82) is 0 Å². The highest BCUT2D eigenvalue weighted by molar-refractivity contribution is 6.34. The summed E-state index contributed by atoms with van der Waals surface area (Å²) >= 11 is 6.18. The fourth-order valence-corrected chi connectivity index (χ4v) is 2.99. The third kappa shape index (κ3) is 2.68. The largest absolute Gasteiger partial charge is 0.387 e. The molecule has 2 aliphatic rings. The van der Waals surface area contributed by atoms with Crippen LogP contribution in [0.15, 0.2) is 0 Å². The highest BCUT2D eigenvalue weighted by atomic mass is 35.5. The number of rotatable bonds is 4. The number of aliphatic hydroxyl groups is 1. The van der Waals surface area contributed by atoms with Crippen LogP contribution in [0.5, 0.6) is 0 Å². The van der Waals surface area contributed by atoms with E-state index < -0.39 is 5.60 Å². The fraction of sp³-hybridized carbons (Fsp3) is 0.692. The van der Waals surface area contributed by atoms with E-state index in [4.69, 9.17) is 11.6 Å². The molecule has 2 heterocycles. The predicted octanol–water partition coefficient (Wildman–Crippen LogP) is 0.737. The quantitative estimate of drug-likeness (QED) is 0.766. The summed E-state index contributed by atoms with van der Waals surface area (Å²) in [6.07, 6.45) is 2.84. The van der Waals surface area contributed by atoms with Crippen molar-refractivity contribution in [2.75, 3.05) is 26.7 Å². The zero-order valence-electron chi connectivity index (χ0n) is 11.4. The van der Waals surface area contributed by atoms with Crippen LogP contribution in [0, 0.1) is 0 Å². The SMILES string of the molecule is CN1CCC(O)(CNC(=O)c2n[nH]c(C3CC3)c2Cl)C1. The number of nitrogens with zero attached hydrogens (tertiary/aromatic N) is 2. The number of carbonyl (C=O) groups is 1. The second-order valence-electron chi connectivity index (χ2n) is 5.97. The Morgan fingerprint density at radius 1 is 1.65 bits per heavy atom. The van der Waals surface area contributed by atoms with E-state index >= 15 is 0 Å². The van der Waals surface area contributed by atoms with E-state index in [2.05, 4.69) is 15.5 Å². The van der Waals surface area contributed by atoms with Crippen LogP contribution in [0.3, 0.4) is 0 Å². The number of β-amino-alcohol motifs (C(OH)–C–C–N with tert-alkyl or cyclic N) is 1. The fourth-order valence-electron chi connectivity index (χ4n) is 2.67. The number of aromatic nitrogens is 2. The molecule has 1 unspecified atom stereocenters. The highest BCUT2D eigenvalue weighted by Crippen LogP contribution is 2.42. The second-order valence-corrected chi connectivity index (χ2v) is 6.35. The third-order valence-corrected chi connectivity index (χ3v) is 4.42. The first-order valence-electron chi connectivity index (χ1n) is 6.91. The Morgan fingerprint density at radius 3 is 3.00 bits per heavy atom. The Labute approximate surface area is 122 Å². The van der Waals surface area contributed by atoms with Gasteiger partial charge in [0, 0.05) is 25.6 Å². The minimum Gasteiger partial charge on any atom is -0.387 e. The molecule has 0 aromatic carbocycles. The minimum atomic E-state index is -0.855. The van der Waals surface area contributed by atoms with Crippen LogP contribution < -0.4 is 5.32 Å². The van der Waals surface area contributed by atoms with Crippen LogP contribution in [0.4, 0.5) is 0 Å². The maximum absolute atomic E-state index is 12.1. The molecule has 3 rings (SSSR count). The van der Waals surface area contributed by atoms with Gasteiger partial charge in [0.25, 0.3) is 5.91 Å². The molecule has 3 N–H and O–H groups in total. The number of carbonyl (C=O) groups excluding carboxylic acids is 1. The molecule has 0 spiro atoms. The summed E-state index contributed by atoms with van der Waals surface area (Å²) in [5, 5.41) is 20.3. The topological polar surface area (TPSA) is 81.2 Å². The van der Waals surface area contributed by atoms with Gasteiger partial charge in [-0.2, -0.15) is 5.10 Å². The molecule has 110 valence electrons. The van der Waals surface area contributed by atoms with Crippen LogP contribution in [0.2, 0.25) is 5.02 Å². The monoisotopic (exact) mass is 298 g/mol. The number of halogens is 1. The van der Waals surface area contributed by atoms with Gasteiger partial charge in [0.2, 0.25) is 0 Å². The summed E-state index contributed by atoms with van der Waals surface area (Å²) in [5.41, 5.74) is 0.228. The molecule has 7 heteroatoms. The van der Waals surface area contributed by atoms with E-state index in [-0.39, 0.29) is 18.1 Å². The zero-order chi connectivity index (χ0) is 14.3. The van der Waals surface area contributed by atoms with Gasteiger partial charge in [-0.1, -0.05) is 11.6 Å². The molecule has 1 amide bonds. The van der Waals surface area contributed by atoms with Gasteiger partial charge in [0.1, 0.15) is 0 Å². The Morgan fingerprint density at radius 2 is 2.40 bits per heavy atom. The molecule has 0 bridgehead atoms. The van der Waals surface area contributed by atoms with Gasteiger partial charge in [-0.05, 0) is 26.3 Å². The number of likely N-dealkylation sites (tertiary alicyclic amines) is 1. The maximum Gasteiger partial charge on any atom is 0.273 e. The summed E-state index contributed by atoms with van der Waals surface area (Å²) < 4.78 is 0. The average Bonchev–Trinajstić information content (AvgIpc) is 3.09. The van der Waals surface area contributed by atoms with E-state index in [9.17, 15) is 9.90 Å². The summed E-state index contributed by atoms with van der Waals surface area (Å²) in [7, 11) is 1.95. The van der Waals surface area contributed by atoms with Crippen molar-refractivity contribution in [3.8, 4) is 0 Å². The second kappa shape index (κ2) is 5.02. The van der Waals surface area contributed by atoms with E-state index in [0.717, 1.165) is 25.1 Å². The third-order valence-electron chi connectivity index (χ3n) is 4.03. The lowest BCUT2D eigenvalue weighted by Crippen LogP contribution is -2.44. The summed E-state index contributed by atoms with van der Waals surface area (Å²) in [6, 6.07) is 0. The maximum atomic E-state index is 12.1. The van der Waals surface area contributed by atoms with Gasteiger partial charge in [-0.25, -0.2) is 0 Å². The number of H-pyrrole nitrogens is 1. The van der Waals surface area contributed by atoms with Crippen LogP contribution in [-0.2, 0) is 0 Å². The normalized spacial score (nSPS) is 26.9. The number of nitrogens with one attached hydrogen (secondary N) is 2. The highest BCUT2D eigenvalue weighted by Gasteiger charge is 2.35. The Hall–Kier alpha value is -1.11. The van der Waals surface area contributed by atoms with Gasteiger partial charge in [0.05, 0.1) is 16.3 Å². The molecule has 1 atom stereocenters. The molecule has 6 nitrogen and oxygen atoms in total. The lowest BCUT2D eigenvalue weighted by atomic mass is 10.0. The Balaban J connectivity index is 1.62. The van der Waals surface area contributed by atoms with E-state index in [1.807, 2.05) is 11.9 Å². The van der Waals surface area contributed by atoms with Gasteiger partial charge >= 0.3 is 0 Å². The van der Waals surface area contributed by atoms with Crippen molar-refractivity contribution >= 4 is 17.5 Å². The summed E-state index contributed by atoms with van der Waals surface area (Å²) in [6.45, 7) is 1.62. The van der Waals surface area contributed by atoms with Gasteiger partial charge in [-0.15, -0.1) is 0 Å². The minimum absolute atomic E-state index is 0.220. The molecule has 20 heavy (non-hydrogen) atoms. The number of hydrogen-bond donors (Lipinski definition) is 3. The van der Waals surface area contributed by atoms with Crippen molar-refractivity contribution in [2.24, 2.45) is 0 Å². The zero-order valence-corrected chi connectivity index (χ0v) is 12.2. The molecule has 2 fully saturated rings. The standard InChI is InChI=1S/C13H19ClN4O2/c1-18-5-4-13(20,7-18)6-15-12(19)11-9(14)10(16-17-11)8-2-3-8/h8,20H,2-7H2,1H3,(H,15,19)(H,16,17). The lowest BCUT2D eigenvalue weighted by molar-refractivity contribution is 0.0484. The van der Waals surface area contributed by atoms with Crippen LogP contribution >= 0.6 is 11.6 Å². The van der Waals surface area contributed by atoms with Gasteiger partial charge in [-0.3, -0.25) is 9.89 Å². The van der Waals surface area contributed by atoms with E-state index in [1.165, 1.54) is 0 Å². The molecular weight excluding hydrogens is 280 g/mol. The first-order valence-corrected chi connectivity index (χ1v) is 7.29. The number of aromatic amines is 1. The molecule has 1 aromatic rings. The number of likely N-dealkylation sites (N-methyl/N-ethyl adjacent to an activating group) is 1. The first-order chi connectivity index (χ1) is 9.48. The molecule has 1 aliphatic heterocycles. The average molecular weight is 299 g/mol. The number of amides is 1. The Kier molecular flexibility index (Phi) is 3.48. The molecule has 1 aromatic heterocycles. The van der Waals surface area contributed by atoms with Crippen LogP contribution in [-0.4, -0.2) is 58.4 Å². The Bertz CT molecular complexity index is 528. The molecular formula is C13H19ClN4O2. The van der Waals surface area contributed by atoms with E-state index in [0.29, 0.717) is 23.9 Å². The van der Waals surface area contributed by atoms with Crippen molar-refractivity contribution in [2.45, 2.75) is 30.8 Å². The predicted molar refractivity (Wildman–Crippen MR) is 75.0 cm³/mol. The van der Waals surface area contributed by atoms with Crippen molar-refractivity contribution in [1.82, 2.24) is 20.4 Å². The molecule has 1 saturated carbocycles. The van der Waals surface area contributed by atoms with Crippen molar-refractivity contribution < 1.29 is 9.90 Å². The number of hydrogen-bond acceptors (Lipinski definition) is 4. The lowest BCUT2D eigenvalue weighted by Gasteiger charge is -2.22. The van der Waals surface area contributed by atoms with E-state index in [1.54, 1.807) is 0 Å². The molecule has 1 saturated heterocycles. The summed E-state index contributed by atoms with van der Waals surface area (Å²) in [4.78, 5) is 14.1. The van der Waals surface area contributed by atoms with Crippen LogP contribution in [0.1, 0.15) is 41.4 Å². The van der Waals surface area contributed by atoms with Gasteiger partial charge in [0.15, 0.2) is 5.69 Å².